The van der Waals surface area contributed by atoms with Crippen LogP contribution in [0.2, 0.25) is 0 Å². The Bertz CT molecular complexity index is 761. The first-order chi connectivity index (χ1) is 11.2. The van der Waals surface area contributed by atoms with Crippen molar-refractivity contribution in [1.29, 1.82) is 0 Å². The van der Waals surface area contributed by atoms with E-state index in [9.17, 15) is 18.0 Å². The minimum Gasteiger partial charge on any atom is -0.338 e. The maximum Gasteiger partial charge on any atom is 0.243 e. The monoisotopic (exact) mass is 351 g/mol. The molecule has 0 radical (unpaired) electrons. The van der Waals surface area contributed by atoms with Crippen LogP contribution in [0.25, 0.3) is 0 Å². The molecule has 1 aliphatic heterocycles. The van der Waals surface area contributed by atoms with Gasteiger partial charge < -0.3 is 10.6 Å². The number of sulfonamides is 1. The van der Waals surface area contributed by atoms with Gasteiger partial charge in [0.05, 0.1) is 10.4 Å². The van der Waals surface area contributed by atoms with E-state index in [1.54, 1.807) is 4.90 Å². The summed E-state index contributed by atoms with van der Waals surface area (Å²) in [5.41, 5.74) is 5.68. The molecule has 130 valence electrons. The summed E-state index contributed by atoms with van der Waals surface area (Å²) >= 11 is 0. The molecular weight excluding hydrogens is 330 g/mol. The van der Waals surface area contributed by atoms with Gasteiger partial charge in [-0.1, -0.05) is 12.1 Å². The van der Waals surface area contributed by atoms with Crippen LogP contribution >= 0.6 is 0 Å². The Labute approximate surface area is 141 Å². The lowest BCUT2D eigenvalue weighted by Crippen LogP contribution is -2.55. The second-order valence-corrected chi connectivity index (χ2v) is 8.37. The Kier molecular flexibility index (Phi) is 4.23. The van der Waals surface area contributed by atoms with E-state index in [0.717, 1.165) is 0 Å². The summed E-state index contributed by atoms with van der Waals surface area (Å²) in [6.45, 7) is 2.63. The molecule has 1 saturated carbocycles. The molecule has 0 bridgehead atoms. The zero-order valence-corrected chi connectivity index (χ0v) is 14.4. The summed E-state index contributed by atoms with van der Waals surface area (Å²) < 4.78 is 26.7. The first kappa shape index (κ1) is 17.1. The van der Waals surface area contributed by atoms with Gasteiger partial charge in [-0.2, -0.15) is 4.31 Å². The largest absolute Gasteiger partial charge is 0.338 e. The molecule has 2 fully saturated rings. The van der Waals surface area contributed by atoms with E-state index in [2.05, 4.69) is 0 Å². The Hall–Kier alpha value is -1.77. The highest BCUT2D eigenvalue weighted by molar-refractivity contribution is 7.89. The minimum atomic E-state index is -3.62. The fourth-order valence-electron chi connectivity index (χ4n) is 2.81. The number of Topliss-reactive ketones (excluding diaryl/α,β-unsaturated/α-hetero) is 1. The number of nitrogens with zero attached hydrogens (tertiary/aromatic N) is 2. The highest BCUT2D eigenvalue weighted by Crippen LogP contribution is 2.34. The van der Waals surface area contributed by atoms with Crippen molar-refractivity contribution in [3.05, 3.63) is 29.8 Å². The summed E-state index contributed by atoms with van der Waals surface area (Å²) in [4.78, 5) is 25.3. The zero-order chi connectivity index (χ0) is 17.5. The molecule has 8 heteroatoms. The third-order valence-corrected chi connectivity index (χ3v) is 6.55. The molecule has 0 atom stereocenters. The molecule has 3 rings (SSSR count). The molecule has 24 heavy (non-hydrogen) atoms. The summed E-state index contributed by atoms with van der Waals surface area (Å²) in [7, 11) is -3.62. The van der Waals surface area contributed by atoms with Crippen molar-refractivity contribution in [3.8, 4) is 0 Å². The van der Waals surface area contributed by atoms with E-state index in [1.807, 2.05) is 0 Å². The SMILES string of the molecule is CC(=O)c1ccc(S(=O)(=O)N2CCN(C(=O)C3(N)CC3)CC2)cc1. The van der Waals surface area contributed by atoms with E-state index in [1.165, 1.54) is 35.5 Å². The molecule has 7 nitrogen and oxygen atoms in total. The van der Waals surface area contributed by atoms with Crippen LogP contribution in [0, 0.1) is 0 Å². The first-order valence-corrected chi connectivity index (χ1v) is 9.37. The summed E-state index contributed by atoms with van der Waals surface area (Å²) in [6.07, 6.45) is 1.40. The quantitative estimate of drug-likeness (QED) is 0.782. The van der Waals surface area contributed by atoms with Gasteiger partial charge in [-0.15, -0.1) is 0 Å². The average Bonchev–Trinajstić information content (AvgIpc) is 3.33. The van der Waals surface area contributed by atoms with Crippen LogP contribution in [-0.2, 0) is 14.8 Å². The van der Waals surface area contributed by atoms with Gasteiger partial charge in [0.15, 0.2) is 5.78 Å². The molecular formula is C16H21N3O4S. The topological polar surface area (TPSA) is 101 Å². The number of ketones is 1. The molecule has 1 aromatic carbocycles. The molecule has 1 aromatic rings. The van der Waals surface area contributed by atoms with Crippen molar-refractivity contribution in [3.63, 3.8) is 0 Å². The number of carbonyl (C=O) groups is 2. The van der Waals surface area contributed by atoms with Crippen molar-refractivity contribution in [2.75, 3.05) is 26.2 Å². The molecule has 1 amide bonds. The van der Waals surface area contributed by atoms with Crippen LogP contribution in [0.4, 0.5) is 0 Å². The Morgan fingerprint density at radius 2 is 1.58 bits per heavy atom. The third kappa shape index (κ3) is 3.09. The van der Waals surface area contributed by atoms with Gasteiger partial charge in [-0.25, -0.2) is 8.42 Å². The number of amides is 1. The lowest BCUT2D eigenvalue weighted by atomic mass is 10.2. The Balaban J connectivity index is 1.68. The van der Waals surface area contributed by atoms with E-state index >= 15 is 0 Å². The minimum absolute atomic E-state index is 0.0784. The van der Waals surface area contributed by atoms with Gasteiger partial charge in [-0.05, 0) is 31.9 Å². The predicted molar refractivity (Wildman–Crippen MR) is 87.9 cm³/mol. The van der Waals surface area contributed by atoms with E-state index in [0.29, 0.717) is 31.5 Å². The van der Waals surface area contributed by atoms with Crippen LogP contribution < -0.4 is 5.73 Å². The van der Waals surface area contributed by atoms with Gasteiger partial charge in [0, 0.05) is 31.7 Å². The number of hydrogen-bond donors (Lipinski definition) is 1. The molecule has 0 spiro atoms. The number of rotatable bonds is 4. The van der Waals surface area contributed by atoms with Crippen molar-refractivity contribution < 1.29 is 18.0 Å². The molecule has 0 aromatic heterocycles. The third-order valence-electron chi connectivity index (χ3n) is 4.64. The van der Waals surface area contributed by atoms with Gasteiger partial charge in [-0.3, -0.25) is 9.59 Å². The lowest BCUT2D eigenvalue weighted by Gasteiger charge is -2.35. The van der Waals surface area contributed by atoms with Crippen LogP contribution in [0.15, 0.2) is 29.2 Å². The van der Waals surface area contributed by atoms with Gasteiger partial charge in [0.1, 0.15) is 0 Å². The van der Waals surface area contributed by atoms with Crippen LogP contribution in [0.5, 0.6) is 0 Å². The van der Waals surface area contributed by atoms with Crippen molar-refractivity contribution in [1.82, 2.24) is 9.21 Å². The summed E-state index contributed by atoms with van der Waals surface area (Å²) in [5, 5.41) is 0. The normalized spacial score (nSPS) is 20.7. The second kappa shape index (κ2) is 5.94. The molecule has 1 saturated heterocycles. The van der Waals surface area contributed by atoms with Crippen molar-refractivity contribution >= 4 is 21.7 Å². The highest BCUT2D eigenvalue weighted by Gasteiger charge is 2.48. The molecule has 2 N–H and O–H groups in total. The Morgan fingerprint density at radius 3 is 2.04 bits per heavy atom. The maximum absolute atomic E-state index is 12.7. The number of hydrogen-bond acceptors (Lipinski definition) is 5. The van der Waals surface area contributed by atoms with Crippen LogP contribution in [0.1, 0.15) is 30.1 Å². The van der Waals surface area contributed by atoms with Crippen LogP contribution in [0.3, 0.4) is 0 Å². The van der Waals surface area contributed by atoms with Gasteiger partial charge in [0.25, 0.3) is 0 Å². The number of benzene rings is 1. The Morgan fingerprint density at radius 1 is 1.04 bits per heavy atom. The maximum atomic E-state index is 12.7. The number of piperazine rings is 1. The number of nitrogens with two attached hydrogens (primary N) is 1. The average molecular weight is 351 g/mol. The number of carbonyl (C=O) groups excluding carboxylic acids is 2. The second-order valence-electron chi connectivity index (χ2n) is 6.43. The van der Waals surface area contributed by atoms with Gasteiger partial charge in [0.2, 0.25) is 15.9 Å². The highest BCUT2D eigenvalue weighted by atomic mass is 32.2. The standard InChI is InChI=1S/C16H21N3O4S/c1-12(20)13-2-4-14(5-3-13)24(22,23)19-10-8-18(9-11-19)15(21)16(17)6-7-16/h2-5H,6-11,17H2,1H3. The molecule has 1 heterocycles. The van der Waals surface area contributed by atoms with Crippen molar-refractivity contribution in [2.24, 2.45) is 5.73 Å². The molecule has 0 unspecified atom stereocenters. The first-order valence-electron chi connectivity index (χ1n) is 7.93. The molecule has 2 aliphatic rings. The smallest absolute Gasteiger partial charge is 0.243 e. The predicted octanol–water partition coefficient (Wildman–Crippen LogP) is 0.213. The van der Waals surface area contributed by atoms with Crippen LogP contribution in [-0.4, -0.2) is 61.0 Å². The lowest BCUT2D eigenvalue weighted by molar-refractivity contribution is -0.134. The fourth-order valence-corrected chi connectivity index (χ4v) is 4.23. The van der Waals surface area contributed by atoms with E-state index < -0.39 is 15.6 Å². The molecule has 1 aliphatic carbocycles. The summed E-state index contributed by atoms with van der Waals surface area (Å²) in [5.74, 6) is -0.188. The zero-order valence-electron chi connectivity index (χ0n) is 13.6. The fraction of sp³-hybridized carbons (Fsp3) is 0.500. The van der Waals surface area contributed by atoms with Crippen molar-refractivity contribution in [2.45, 2.75) is 30.2 Å². The van der Waals surface area contributed by atoms with E-state index in [-0.39, 0.29) is 29.7 Å². The van der Waals surface area contributed by atoms with E-state index in [4.69, 9.17) is 5.73 Å². The summed E-state index contributed by atoms with van der Waals surface area (Å²) in [6, 6.07) is 5.92. The van der Waals surface area contributed by atoms with Gasteiger partial charge >= 0.3 is 0 Å².